The SMILES string of the molecule is CC1=C(C(=O)O)C(c2ccccc2F)NC(=O)N1. The van der Waals surface area contributed by atoms with E-state index in [0.29, 0.717) is 0 Å². The van der Waals surface area contributed by atoms with Gasteiger partial charge in [-0.25, -0.2) is 14.0 Å². The van der Waals surface area contributed by atoms with Crippen LogP contribution in [0.15, 0.2) is 35.5 Å². The van der Waals surface area contributed by atoms with Gasteiger partial charge < -0.3 is 15.7 Å². The third-order valence-corrected chi connectivity index (χ3v) is 2.72. The zero-order valence-electron chi connectivity index (χ0n) is 9.53. The first-order valence-electron chi connectivity index (χ1n) is 5.26. The Morgan fingerprint density at radius 1 is 1.39 bits per heavy atom. The third-order valence-electron chi connectivity index (χ3n) is 2.72. The average molecular weight is 250 g/mol. The Morgan fingerprint density at radius 2 is 2.06 bits per heavy atom. The predicted octanol–water partition coefficient (Wildman–Crippen LogP) is 1.54. The lowest BCUT2D eigenvalue weighted by atomic mass is 9.95. The molecule has 1 unspecified atom stereocenters. The topological polar surface area (TPSA) is 78.4 Å². The lowest BCUT2D eigenvalue weighted by Crippen LogP contribution is -2.45. The molecule has 1 atom stereocenters. The summed E-state index contributed by atoms with van der Waals surface area (Å²) in [6.45, 7) is 1.47. The molecule has 94 valence electrons. The number of amides is 2. The molecule has 1 aromatic rings. The molecule has 0 saturated heterocycles. The van der Waals surface area contributed by atoms with Gasteiger partial charge in [0.1, 0.15) is 5.82 Å². The Kier molecular flexibility index (Phi) is 3.01. The largest absolute Gasteiger partial charge is 0.478 e. The number of rotatable bonds is 2. The molecule has 1 aliphatic rings. The van der Waals surface area contributed by atoms with Gasteiger partial charge in [-0.15, -0.1) is 0 Å². The number of carboxylic acid groups (broad SMARTS) is 1. The molecule has 0 bridgehead atoms. The van der Waals surface area contributed by atoms with Crippen LogP contribution in [0.1, 0.15) is 18.5 Å². The van der Waals surface area contributed by atoms with E-state index < -0.39 is 23.9 Å². The van der Waals surface area contributed by atoms with E-state index in [2.05, 4.69) is 10.6 Å². The van der Waals surface area contributed by atoms with Crippen molar-refractivity contribution in [3.05, 3.63) is 46.9 Å². The smallest absolute Gasteiger partial charge is 0.335 e. The van der Waals surface area contributed by atoms with Crippen molar-refractivity contribution >= 4 is 12.0 Å². The fourth-order valence-corrected chi connectivity index (χ4v) is 1.92. The summed E-state index contributed by atoms with van der Waals surface area (Å²) in [5, 5.41) is 13.9. The Hall–Kier alpha value is -2.37. The van der Waals surface area contributed by atoms with Crippen LogP contribution in [0, 0.1) is 5.82 Å². The molecule has 2 amide bonds. The highest BCUT2D eigenvalue weighted by molar-refractivity contribution is 5.93. The maximum absolute atomic E-state index is 13.7. The molecule has 1 aliphatic heterocycles. The quantitative estimate of drug-likeness (QED) is 0.745. The first-order valence-corrected chi connectivity index (χ1v) is 5.26. The van der Waals surface area contributed by atoms with Crippen LogP contribution in [0.4, 0.5) is 9.18 Å². The molecule has 0 aliphatic carbocycles. The molecule has 6 heteroatoms. The minimum Gasteiger partial charge on any atom is -0.478 e. The van der Waals surface area contributed by atoms with Gasteiger partial charge in [0.15, 0.2) is 0 Å². The van der Waals surface area contributed by atoms with E-state index in [-0.39, 0.29) is 16.8 Å². The Balaban J connectivity index is 2.54. The fourth-order valence-electron chi connectivity index (χ4n) is 1.92. The molecule has 1 aromatic carbocycles. The molecule has 0 spiro atoms. The van der Waals surface area contributed by atoms with Crippen LogP contribution in [0.2, 0.25) is 0 Å². The van der Waals surface area contributed by atoms with Crippen molar-refractivity contribution in [2.45, 2.75) is 13.0 Å². The van der Waals surface area contributed by atoms with E-state index in [1.807, 2.05) is 0 Å². The van der Waals surface area contributed by atoms with Gasteiger partial charge in [0.05, 0.1) is 11.6 Å². The molecule has 2 rings (SSSR count). The number of carboxylic acids is 1. The molecule has 5 nitrogen and oxygen atoms in total. The van der Waals surface area contributed by atoms with Gasteiger partial charge in [-0.05, 0) is 13.0 Å². The van der Waals surface area contributed by atoms with Crippen LogP contribution < -0.4 is 10.6 Å². The second kappa shape index (κ2) is 4.48. The van der Waals surface area contributed by atoms with Gasteiger partial charge in [0.25, 0.3) is 0 Å². The molecule has 0 aromatic heterocycles. The summed E-state index contributed by atoms with van der Waals surface area (Å²) >= 11 is 0. The summed E-state index contributed by atoms with van der Waals surface area (Å²) in [7, 11) is 0. The monoisotopic (exact) mass is 250 g/mol. The Bertz CT molecular complexity index is 554. The van der Waals surface area contributed by atoms with Crippen molar-refractivity contribution < 1.29 is 19.1 Å². The zero-order valence-corrected chi connectivity index (χ0v) is 9.53. The molecule has 0 fully saturated rings. The summed E-state index contributed by atoms with van der Waals surface area (Å²) < 4.78 is 13.7. The summed E-state index contributed by atoms with van der Waals surface area (Å²) in [6, 6.07) is 4.21. The summed E-state index contributed by atoms with van der Waals surface area (Å²) in [4.78, 5) is 22.6. The number of nitrogens with one attached hydrogen (secondary N) is 2. The summed E-state index contributed by atoms with van der Waals surface area (Å²) in [5.74, 6) is -1.76. The Labute approximate surface area is 102 Å². The molecule has 3 N–H and O–H groups in total. The van der Waals surface area contributed by atoms with Crippen LogP contribution in [-0.2, 0) is 4.79 Å². The maximum atomic E-state index is 13.7. The minimum atomic E-state index is -1.20. The van der Waals surface area contributed by atoms with Crippen LogP contribution in [0.3, 0.4) is 0 Å². The number of benzene rings is 1. The van der Waals surface area contributed by atoms with Crippen molar-refractivity contribution in [2.75, 3.05) is 0 Å². The number of urea groups is 1. The van der Waals surface area contributed by atoms with Gasteiger partial charge >= 0.3 is 12.0 Å². The second-order valence-electron chi connectivity index (χ2n) is 3.90. The van der Waals surface area contributed by atoms with Gasteiger partial charge in [-0.1, -0.05) is 18.2 Å². The number of halogens is 1. The summed E-state index contributed by atoms with van der Waals surface area (Å²) in [6.07, 6.45) is 0. The van der Waals surface area contributed by atoms with Crippen LogP contribution in [0.5, 0.6) is 0 Å². The Morgan fingerprint density at radius 3 is 2.67 bits per heavy atom. The van der Waals surface area contributed by atoms with Crippen LogP contribution >= 0.6 is 0 Å². The first kappa shape index (κ1) is 12.1. The second-order valence-corrected chi connectivity index (χ2v) is 3.90. The highest BCUT2D eigenvalue weighted by Crippen LogP contribution is 2.28. The highest BCUT2D eigenvalue weighted by Gasteiger charge is 2.32. The number of allylic oxidation sites excluding steroid dienone is 1. The van der Waals surface area contributed by atoms with E-state index in [9.17, 15) is 14.0 Å². The number of aliphatic carboxylic acids is 1. The lowest BCUT2D eigenvalue weighted by Gasteiger charge is -2.27. The van der Waals surface area contributed by atoms with E-state index >= 15 is 0 Å². The van der Waals surface area contributed by atoms with Gasteiger partial charge in [0.2, 0.25) is 0 Å². The van der Waals surface area contributed by atoms with Crippen molar-refractivity contribution in [1.82, 2.24) is 10.6 Å². The fraction of sp³-hybridized carbons (Fsp3) is 0.167. The molecule has 18 heavy (non-hydrogen) atoms. The molecular weight excluding hydrogens is 239 g/mol. The number of carbonyl (C=O) groups is 2. The van der Waals surface area contributed by atoms with Gasteiger partial charge in [-0.2, -0.15) is 0 Å². The van der Waals surface area contributed by atoms with Crippen molar-refractivity contribution in [1.29, 1.82) is 0 Å². The van der Waals surface area contributed by atoms with Crippen molar-refractivity contribution in [3.8, 4) is 0 Å². The first-order chi connectivity index (χ1) is 8.50. The average Bonchev–Trinajstić information content (AvgIpc) is 2.27. The molecule has 0 saturated carbocycles. The van der Waals surface area contributed by atoms with E-state index in [1.165, 1.54) is 25.1 Å². The number of hydrogen-bond acceptors (Lipinski definition) is 2. The van der Waals surface area contributed by atoms with Gasteiger partial charge in [0, 0.05) is 11.3 Å². The predicted molar refractivity (Wildman–Crippen MR) is 61.1 cm³/mol. The third kappa shape index (κ3) is 2.04. The normalized spacial score (nSPS) is 19.2. The maximum Gasteiger partial charge on any atom is 0.335 e. The standard InChI is InChI=1S/C12H11FN2O3/c1-6-9(11(16)17)10(15-12(18)14-6)7-4-2-3-5-8(7)13/h2-5,10H,1H3,(H,16,17)(H2,14,15,18). The van der Waals surface area contributed by atoms with Gasteiger partial charge in [-0.3, -0.25) is 0 Å². The molecule has 0 radical (unpaired) electrons. The van der Waals surface area contributed by atoms with Crippen LogP contribution in [-0.4, -0.2) is 17.1 Å². The zero-order chi connectivity index (χ0) is 13.3. The highest BCUT2D eigenvalue weighted by atomic mass is 19.1. The van der Waals surface area contributed by atoms with Crippen molar-refractivity contribution in [3.63, 3.8) is 0 Å². The molecule has 1 heterocycles. The lowest BCUT2D eigenvalue weighted by molar-refractivity contribution is -0.133. The number of hydrogen-bond donors (Lipinski definition) is 3. The van der Waals surface area contributed by atoms with E-state index in [0.717, 1.165) is 0 Å². The molecular formula is C12H11FN2O3. The number of carbonyl (C=O) groups excluding carboxylic acids is 1. The van der Waals surface area contributed by atoms with Crippen molar-refractivity contribution in [2.24, 2.45) is 0 Å². The van der Waals surface area contributed by atoms with Crippen LogP contribution in [0.25, 0.3) is 0 Å². The summed E-state index contributed by atoms with van der Waals surface area (Å²) in [5.41, 5.74) is 0.267. The van der Waals surface area contributed by atoms with E-state index in [4.69, 9.17) is 5.11 Å². The van der Waals surface area contributed by atoms with E-state index in [1.54, 1.807) is 6.07 Å². The minimum absolute atomic E-state index is 0.0697.